The SMILES string of the molecule is O=[S](=O)([Mo])c1cc2ccccc2c(O)c1/N=N/c1ccccc1. The van der Waals surface area contributed by atoms with Crippen molar-refractivity contribution in [2.24, 2.45) is 10.2 Å². The molecule has 0 unspecified atom stereocenters. The zero-order valence-corrected chi connectivity index (χ0v) is 14.6. The van der Waals surface area contributed by atoms with Crippen molar-refractivity contribution in [3.8, 4) is 5.75 Å². The summed E-state index contributed by atoms with van der Waals surface area (Å²) in [6.07, 6.45) is 0. The topological polar surface area (TPSA) is 79.1 Å². The quantitative estimate of drug-likeness (QED) is 0.522. The maximum atomic E-state index is 12.1. The predicted octanol–water partition coefficient (Wildman–Crippen LogP) is 4.20. The number of phenolic OH excluding ortho intramolecular Hbond substituents is 1. The first-order chi connectivity index (χ1) is 11.0. The third-order valence-corrected chi connectivity index (χ3v) is 5.43. The molecule has 0 aliphatic heterocycles. The van der Waals surface area contributed by atoms with E-state index in [2.05, 4.69) is 10.2 Å². The Labute approximate surface area is 143 Å². The monoisotopic (exact) mass is 409 g/mol. The van der Waals surface area contributed by atoms with Gasteiger partial charge in [-0.05, 0) is 0 Å². The van der Waals surface area contributed by atoms with Crippen molar-refractivity contribution in [2.45, 2.75) is 4.90 Å². The van der Waals surface area contributed by atoms with E-state index in [0.29, 0.717) is 16.5 Å². The van der Waals surface area contributed by atoms with Gasteiger partial charge >= 0.3 is 143 Å². The molecule has 7 heteroatoms. The molecule has 0 amide bonds. The third-order valence-electron chi connectivity index (χ3n) is 3.25. The Morgan fingerprint density at radius 2 is 1.57 bits per heavy atom. The zero-order valence-electron chi connectivity index (χ0n) is 11.7. The number of hydrogen-bond acceptors (Lipinski definition) is 5. The molecule has 3 aromatic carbocycles. The van der Waals surface area contributed by atoms with Gasteiger partial charge in [0.05, 0.1) is 0 Å². The summed E-state index contributed by atoms with van der Waals surface area (Å²) < 4.78 is 24.1. The first kappa shape index (κ1) is 15.8. The second-order valence-corrected chi connectivity index (χ2v) is 9.37. The van der Waals surface area contributed by atoms with Crippen LogP contribution < -0.4 is 0 Å². The van der Waals surface area contributed by atoms with Gasteiger partial charge in [0, 0.05) is 0 Å². The van der Waals surface area contributed by atoms with E-state index in [9.17, 15) is 13.5 Å². The van der Waals surface area contributed by atoms with Crippen LogP contribution in [0.15, 0.2) is 75.8 Å². The van der Waals surface area contributed by atoms with Gasteiger partial charge in [0.2, 0.25) is 0 Å². The van der Waals surface area contributed by atoms with Crippen LogP contribution >= 0.6 is 0 Å². The Balaban J connectivity index is 2.25. The van der Waals surface area contributed by atoms with Gasteiger partial charge in [-0.2, -0.15) is 0 Å². The Bertz CT molecular complexity index is 1000. The van der Waals surface area contributed by atoms with Gasteiger partial charge in [0.15, 0.2) is 0 Å². The fourth-order valence-electron chi connectivity index (χ4n) is 2.18. The molecule has 0 bridgehead atoms. The van der Waals surface area contributed by atoms with Gasteiger partial charge in [-0.15, -0.1) is 0 Å². The van der Waals surface area contributed by atoms with E-state index in [0.717, 1.165) is 18.5 Å². The fraction of sp³-hybridized carbons (Fsp3) is 0. The number of rotatable bonds is 3. The second-order valence-electron chi connectivity index (χ2n) is 4.78. The van der Waals surface area contributed by atoms with Crippen LogP contribution in [0.3, 0.4) is 0 Å². The zero-order chi connectivity index (χ0) is 16.4. The third kappa shape index (κ3) is 3.33. The summed E-state index contributed by atoms with van der Waals surface area (Å²) in [5.74, 6) is -0.190. The molecule has 0 fully saturated rings. The standard InChI is InChI=1S/C16H11N2O3S.Mo/c19-16-13-9-5-4-6-11(13)10-14(22(20)21)15(16)18-17-12-7-2-1-3-8-12;/h1-10,19H;/b18-17+;. The molecule has 3 rings (SSSR count). The molecule has 0 aliphatic rings. The maximum absolute atomic E-state index is 12.1. The van der Waals surface area contributed by atoms with Gasteiger partial charge in [0.1, 0.15) is 0 Å². The normalized spacial score (nSPS) is 12.0. The average molecular weight is 407 g/mol. The molecule has 115 valence electrons. The summed E-state index contributed by atoms with van der Waals surface area (Å²) in [5, 5.41) is 19.6. The number of hydrogen-bond donors (Lipinski definition) is 1. The first-order valence-electron chi connectivity index (χ1n) is 6.64. The summed E-state index contributed by atoms with van der Waals surface area (Å²) in [7, 11) is -3.56. The number of aromatic hydroxyl groups is 1. The molecule has 3 aromatic rings. The van der Waals surface area contributed by atoms with E-state index in [1.165, 1.54) is 6.07 Å². The number of nitrogens with zero attached hydrogens (tertiary/aromatic N) is 2. The molecule has 0 aromatic heterocycles. The van der Waals surface area contributed by atoms with Gasteiger partial charge in [0.25, 0.3) is 0 Å². The number of fused-ring (bicyclic) bond motifs is 1. The van der Waals surface area contributed by atoms with Crippen molar-refractivity contribution in [2.75, 3.05) is 0 Å². The molecular formula is C16H11MoN2O3S. The van der Waals surface area contributed by atoms with Crippen LogP contribution in [0.5, 0.6) is 5.75 Å². The second kappa shape index (κ2) is 6.22. The molecule has 0 spiro atoms. The fourth-order valence-corrected chi connectivity index (χ4v) is 3.76. The number of benzene rings is 3. The van der Waals surface area contributed by atoms with Gasteiger partial charge < -0.3 is 0 Å². The summed E-state index contributed by atoms with van der Waals surface area (Å²) >= 11 is 0.998. The van der Waals surface area contributed by atoms with Crippen molar-refractivity contribution < 1.29 is 32.1 Å². The van der Waals surface area contributed by atoms with Gasteiger partial charge in [-0.3, -0.25) is 0 Å². The van der Waals surface area contributed by atoms with Crippen LogP contribution in [0.4, 0.5) is 11.4 Å². The van der Waals surface area contributed by atoms with Crippen molar-refractivity contribution in [3.05, 3.63) is 60.7 Å². The van der Waals surface area contributed by atoms with E-state index in [1.807, 2.05) is 6.07 Å². The summed E-state index contributed by atoms with van der Waals surface area (Å²) in [5.41, 5.74) is 0.526. The van der Waals surface area contributed by atoms with Crippen LogP contribution in [0.1, 0.15) is 0 Å². The van der Waals surface area contributed by atoms with Crippen LogP contribution in [0, 0.1) is 0 Å². The summed E-state index contributed by atoms with van der Waals surface area (Å²) in [6, 6.07) is 17.4. The van der Waals surface area contributed by atoms with E-state index in [-0.39, 0.29) is 16.3 Å². The predicted molar refractivity (Wildman–Crippen MR) is 83.4 cm³/mol. The molecule has 1 N–H and O–H groups in total. The number of azo groups is 1. The van der Waals surface area contributed by atoms with Crippen LogP contribution in [0.25, 0.3) is 10.8 Å². The summed E-state index contributed by atoms with van der Waals surface area (Å²) in [4.78, 5) is -0.0434. The molecular weight excluding hydrogens is 396 g/mol. The van der Waals surface area contributed by atoms with E-state index >= 15 is 0 Å². The van der Waals surface area contributed by atoms with E-state index in [1.54, 1.807) is 48.5 Å². The van der Waals surface area contributed by atoms with Crippen LogP contribution in [0.2, 0.25) is 0 Å². The van der Waals surface area contributed by atoms with E-state index < -0.39 is 7.54 Å². The Morgan fingerprint density at radius 3 is 2.26 bits per heavy atom. The minimum atomic E-state index is -3.56. The van der Waals surface area contributed by atoms with Crippen molar-refractivity contribution in [3.63, 3.8) is 0 Å². The molecule has 23 heavy (non-hydrogen) atoms. The van der Waals surface area contributed by atoms with Crippen molar-refractivity contribution >= 4 is 29.7 Å². The first-order valence-corrected chi connectivity index (χ1v) is 10.5. The summed E-state index contributed by atoms with van der Waals surface area (Å²) in [6.45, 7) is 0. The molecule has 5 nitrogen and oxygen atoms in total. The van der Waals surface area contributed by atoms with Gasteiger partial charge in [-0.25, -0.2) is 0 Å². The minimum absolute atomic E-state index is 0.0434. The molecule has 0 radical (unpaired) electrons. The number of phenols is 1. The van der Waals surface area contributed by atoms with Crippen molar-refractivity contribution in [1.29, 1.82) is 0 Å². The van der Waals surface area contributed by atoms with Gasteiger partial charge in [-0.1, -0.05) is 0 Å². The molecule has 0 atom stereocenters. The van der Waals surface area contributed by atoms with E-state index in [4.69, 9.17) is 0 Å². The average Bonchev–Trinajstić information content (AvgIpc) is 2.54. The molecule has 0 saturated carbocycles. The van der Waals surface area contributed by atoms with Crippen molar-refractivity contribution in [1.82, 2.24) is 0 Å². The molecule has 0 heterocycles. The molecule has 0 aliphatic carbocycles. The molecule has 0 saturated heterocycles. The Morgan fingerprint density at radius 1 is 0.913 bits per heavy atom. The van der Waals surface area contributed by atoms with Crippen LogP contribution in [-0.4, -0.2) is 13.5 Å². The van der Waals surface area contributed by atoms with Crippen LogP contribution in [-0.2, 0) is 26.1 Å². The Kier molecular flexibility index (Phi) is 4.28. The Hall–Kier alpha value is -2.04.